The minimum absolute atomic E-state index is 0.0754. The summed E-state index contributed by atoms with van der Waals surface area (Å²) in [6.07, 6.45) is 0.652. The summed E-state index contributed by atoms with van der Waals surface area (Å²) in [7, 11) is 0. The third-order valence-electron chi connectivity index (χ3n) is 2.71. The number of rotatable bonds is 5. The van der Waals surface area contributed by atoms with Gasteiger partial charge in [0.2, 0.25) is 0 Å². The van der Waals surface area contributed by atoms with Crippen molar-refractivity contribution in [2.24, 2.45) is 0 Å². The van der Waals surface area contributed by atoms with E-state index in [2.05, 4.69) is 4.98 Å². The molecule has 1 aromatic heterocycles. The van der Waals surface area contributed by atoms with Crippen molar-refractivity contribution in [2.45, 2.75) is 12.8 Å². The monoisotopic (exact) mass is 307 g/mol. The first-order valence-electron chi connectivity index (χ1n) is 7.00. The fourth-order valence-corrected chi connectivity index (χ4v) is 1.87. The number of aromatic nitrogens is 1. The van der Waals surface area contributed by atoms with E-state index in [0.29, 0.717) is 11.1 Å². The highest BCUT2D eigenvalue weighted by molar-refractivity contribution is 6.30. The van der Waals surface area contributed by atoms with Crippen molar-refractivity contribution in [2.75, 3.05) is 0 Å². The maximum atomic E-state index is 11.8. The average molecular weight is 308 g/mol. The first-order chi connectivity index (χ1) is 10.8. The van der Waals surface area contributed by atoms with Gasteiger partial charge in [-0.05, 0) is 23.8 Å². The lowest BCUT2D eigenvalue weighted by Gasteiger charge is -2.06. The van der Waals surface area contributed by atoms with Crippen LogP contribution in [-0.4, -0.2) is 26.9 Å². The summed E-state index contributed by atoms with van der Waals surface area (Å²) in [4.78, 5) is 26.1. The Morgan fingerprint density at radius 1 is 1.29 bits per heavy atom. The summed E-state index contributed by atoms with van der Waals surface area (Å²) in [6.45, 7) is 0. The number of benzene rings is 1. The van der Waals surface area contributed by atoms with E-state index < -0.39 is 17.5 Å². The second-order valence-electron chi connectivity index (χ2n) is 4.27. The lowest BCUT2D eigenvalue weighted by atomic mass is 10.1. The number of pyridine rings is 1. The number of halogens is 1. The number of aromatic hydroxyl groups is 1. The Hall–Kier alpha value is -2.40. The van der Waals surface area contributed by atoms with Crippen molar-refractivity contribution in [3.05, 3.63) is 47.2 Å². The van der Waals surface area contributed by atoms with Crippen molar-refractivity contribution in [3.63, 3.8) is 0 Å². The molecule has 0 fully saturated rings. The number of carboxylic acid groups (broad SMARTS) is 1. The zero-order valence-electron chi connectivity index (χ0n) is 12.8. The Kier molecular flexibility index (Phi) is 3.74. The number of aliphatic carboxylic acids is 1. The molecule has 0 radical (unpaired) electrons. The van der Waals surface area contributed by atoms with Crippen LogP contribution in [0.15, 0.2) is 36.5 Å². The average Bonchev–Trinajstić information content (AvgIpc) is 2.48. The molecule has 6 heteroatoms. The second-order valence-corrected chi connectivity index (χ2v) is 4.70. The van der Waals surface area contributed by atoms with Crippen LogP contribution in [0.25, 0.3) is 11.1 Å². The molecule has 0 unspecified atom stereocenters. The van der Waals surface area contributed by atoms with Gasteiger partial charge in [-0.15, -0.1) is 0 Å². The zero-order chi connectivity index (χ0) is 17.1. The normalized spacial score (nSPS) is 11.7. The molecule has 0 bridgehead atoms. The highest BCUT2D eigenvalue weighted by atomic mass is 35.5. The Bertz CT molecular complexity index is 795. The van der Waals surface area contributed by atoms with Crippen LogP contribution in [0, 0.1) is 0 Å². The first-order valence-corrected chi connectivity index (χ1v) is 6.38. The van der Waals surface area contributed by atoms with E-state index in [4.69, 9.17) is 19.4 Å². The van der Waals surface area contributed by atoms with Crippen LogP contribution >= 0.6 is 11.6 Å². The number of carbonyl (C=O) groups is 2. The topological polar surface area (TPSA) is 87.5 Å². The molecule has 2 N–H and O–H groups in total. The number of nitrogens with zero attached hydrogens (tertiary/aromatic N) is 1. The van der Waals surface area contributed by atoms with E-state index in [9.17, 15) is 14.7 Å². The molecule has 0 atom stereocenters. The van der Waals surface area contributed by atoms with Gasteiger partial charge in [-0.1, -0.05) is 23.7 Å². The van der Waals surface area contributed by atoms with Gasteiger partial charge in [-0.2, -0.15) is 0 Å². The van der Waals surface area contributed by atoms with Gasteiger partial charge in [-0.25, -0.2) is 4.98 Å². The zero-order valence-corrected chi connectivity index (χ0v) is 11.5. The SMILES string of the molecule is [2H]c1cc(Cl)cc(-c2cnc(C(=O)CCC(=O)O)c(O)c2)c1[2H]. The summed E-state index contributed by atoms with van der Waals surface area (Å²) in [5, 5.41) is 18.8. The van der Waals surface area contributed by atoms with Crippen LogP contribution in [-0.2, 0) is 4.79 Å². The highest BCUT2D eigenvalue weighted by Crippen LogP contribution is 2.27. The number of carbonyl (C=O) groups excluding carboxylic acids is 1. The lowest BCUT2D eigenvalue weighted by molar-refractivity contribution is -0.136. The van der Waals surface area contributed by atoms with Crippen molar-refractivity contribution in [1.29, 1.82) is 0 Å². The standard InChI is InChI=1S/C15H12ClNO4/c16-11-3-1-2-9(6-11)10-7-13(19)15(17-8-10)12(18)4-5-14(20)21/h1-3,6-8,19H,4-5H2,(H,20,21)/i1D,2D. The minimum atomic E-state index is -1.12. The molecule has 1 aromatic carbocycles. The van der Waals surface area contributed by atoms with E-state index in [-0.39, 0.29) is 35.6 Å². The fraction of sp³-hybridized carbons (Fsp3) is 0.133. The predicted octanol–water partition coefficient (Wildman–Crippen LogP) is 3.16. The Balaban J connectivity index is 2.37. The third-order valence-corrected chi connectivity index (χ3v) is 2.93. The van der Waals surface area contributed by atoms with Gasteiger partial charge < -0.3 is 10.2 Å². The molecule has 21 heavy (non-hydrogen) atoms. The quantitative estimate of drug-likeness (QED) is 0.828. The van der Waals surface area contributed by atoms with Crippen molar-refractivity contribution >= 4 is 23.4 Å². The maximum absolute atomic E-state index is 11.8. The van der Waals surface area contributed by atoms with E-state index in [1.165, 1.54) is 24.4 Å². The number of hydrogen-bond acceptors (Lipinski definition) is 4. The van der Waals surface area contributed by atoms with E-state index in [1.807, 2.05) is 0 Å². The summed E-state index contributed by atoms with van der Waals surface area (Å²) in [5.41, 5.74) is 0.405. The Morgan fingerprint density at radius 2 is 2.05 bits per heavy atom. The maximum Gasteiger partial charge on any atom is 0.303 e. The fourth-order valence-electron chi connectivity index (χ4n) is 1.71. The molecule has 2 aromatic rings. The van der Waals surface area contributed by atoms with Crippen molar-refractivity contribution < 1.29 is 22.5 Å². The molecule has 0 spiro atoms. The third kappa shape index (κ3) is 3.79. The van der Waals surface area contributed by atoms with Gasteiger partial charge in [0.05, 0.1) is 9.16 Å². The number of ketones is 1. The molecule has 5 nitrogen and oxygen atoms in total. The molecule has 108 valence electrons. The van der Waals surface area contributed by atoms with Gasteiger partial charge in [0.15, 0.2) is 5.78 Å². The molecule has 0 saturated carbocycles. The molecular weight excluding hydrogens is 294 g/mol. The number of Topliss-reactive ketones (excluding diaryl/α,β-unsaturated/α-hetero) is 1. The Morgan fingerprint density at radius 3 is 2.71 bits per heavy atom. The Labute approximate surface area is 128 Å². The molecular formula is C15H12ClNO4. The summed E-state index contributed by atoms with van der Waals surface area (Å²) < 4.78 is 15.5. The van der Waals surface area contributed by atoms with Crippen LogP contribution in [0.2, 0.25) is 5.02 Å². The molecule has 1 heterocycles. The highest BCUT2D eigenvalue weighted by Gasteiger charge is 2.15. The molecule has 0 saturated heterocycles. The van der Waals surface area contributed by atoms with Gasteiger partial charge in [-0.3, -0.25) is 9.59 Å². The van der Waals surface area contributed by atoms with Crippen LogP contribution in [0.5, 0.6) is 5.75 Å². The predicted molar refractivity (Wildman–Crippen MR) is 77.5 cm³/mol. The van der Waals surface area contributed by atoms with Crippen LogP contribution in [0.3, 0.4) is 0 Å². The van der Waals surface area contributed by atoms with Crippen LogP contribution in [0.1, 0.15) is 26.1 Å². The van der Waals surface area contributed by atoms with Crippen molar-refractivity contribution in [3.8, 4) is 16.9 Å². The molecule has 0 aliphatic carbocycles. The largest absolute Gasteiger partial charge is 0.506 e. The molecule has 0 aliphatic rings. The molecule has 2 rings (SSSR count). The smallest absolute Gasteiger partial charge is 0.303 e. The van der Waals surface area contributed by atoms with Gasteiger partial charge in [0.25, 0.3) is 0 Å². The minimum Gasteiger partial charge on any atom is -0.506 e. The lowest BCUT2D eigenvalue weighted by Crippen LogP contribution is -2.06. The second kappa shape index (κ2) is 6.37. The number of hydrogen-bond donors (Lipinski definition) is 2. The van der Waals surface area contributed by atoms with E-state index >= 15 is 0 Å². The van der Waals surface area contributed by atoms with Gasteiger partial charge >= 0.3 is 5.97 Å². The van der Waals surface area contributed by atoms with Gasteiger partial charge in [0.1, 0.15) is 11.4 Å². The van der Waals surface area contributed by atoms with Crippen LogP contribution in [0.4, 0.5) is 0 Å². The van der Waals surface area contributed by atoms with E-state index in [0.717, 1.165) is 0 Å². The van der Waals surface area contributed by atoms with E-state index in [1.54, 1.807) is 0 Å². The summed E-state index contributed by atoms with van der Waals surface area (Å²) >= 11 is 5.87. The summed E-state index contributed by atoms with van der Waals surface area (Å²) in [5.74, 6) is -2.12. The molecule has 0 amide bonds. The number of carboxylic acids is 1. The summed E-state index contributed by atoms with van der Waals surface area (Å²) in [6, 6.07) is 3.87. The molecule has 0 aliphatic heterocycles. The first kappa shape index (κ1) is 12.3. The van der Waals surface area contributed by atoms with Gasteiger partial charge in [0, 0.05) is 23.2 Å². The van der Waals surface area contributed by atoms with Crippen LogP contribution < -0.4 is 0 Å². The van der Waals surface area contributed by atoms with Crippen molar-refractivity contribution in [1.82, 2.24) is 4.98 Å².